The van der Waals surface area contributed by atoms with E-state index in [0.717, 1.165) is 6.54 Å². The number of rotatable bonds is 8. The smallest absolute Gasteiger partial charge is 0.0355 e. The summed E-state index contributed by atoms with van der Waals surface area (Å²) in [5.74, 6) is 1.24. The quantitative estimate of drug-likeness (QED) is 0.742. The summed E-state index contributed by atoms with van der Waals surface area (Å²) >= 11 is 1.94. The fourth-order valence-electron chi connectivity index (χ4n) is 3.16. The maximum Gasteiger partial charge on any atom is 0.0355 e. The molecule has 114 valence electrons. The molecule has 0 aromatic heterocycles. The lowest BCUT2D eigenvalue weighted by molar-refractivity contribution is 0.0205. The van der Waals surface area contributed by atoms with Gasteiger partial charge in [0.25, 0.3) is 0 Å². The normalized spacial score (nSPS) is 21.8. The number of piperidine rings is 1. The highest BCUT2D eigenvalue weighted by Crippen LogP contribution is 2.29. The molecule has 1 aliphatic rings. The molecule has 0 aromatic carbocycles. The maximum absolute atomic E-state index is 6.16. The Kier molecular flexibility index (Phi) is 7.73. The number of nitrogens with two attached hydrogens (primary N) is 1. The van der Waals surface area contributed by atoms with Gasteiger partial charge in [-0.2, -0.15) is 11.8 Å². The van der Waals surface area contributed by atoms with E-state index in [1.165, 1.54) is 51.1 Å². The van der Waals surface area contributed by atoms with Crippen molar-refractivity contribution >= 4 is 11.8 Å². The van der Waals surface area contributed by atoms with Crippen LogP contribution >= 0.6 is 11.8 Å². The number of thioether (sulfide) groups is 1. The molecular weight excluding hydrogens is 254 g/mol. The van der Waals surface area contributed by atoms with E-state index >= 15 is 0 Å². The summed E-state index contributed by atoms with van der Waals surface area (Å²) in [5, 5.41) is 0. The molecule has 1 unspecified atom stereocenters. The molecule has 1 atom stereocenters. The van der Waals surface area contributed by atoms with Crippen LogP contribution in [0.1, 0.15) is 39.5 Å². The van der Waals surface area contributed by atoms with Crippen molar-refractivity contribution < 1.29 is 0 Å². The molecule has 0 spiro atoms. The molecule has 0 radical (unpaired) electrons. The standard InChI is InChI=1S/C15H33N3S/c1-5-9-18-10-7-15(13-16,8-11-18)17(3)14(2)6-12-19-4/h14H,5-13,16H2,1-4H3. The topological polar surface area (TPSA) is 32.5 Å². The highest BCUT2D eigenvalue weighted by molar-refractivity contribution is 7.98. The van der Waals surface area contributed by atoms with Gasteiger partial charge in [0.1, 0.15) is 0 Å². The van der Waals surface area contributed by atoms with Crippen molar-refractivity contribution in [2.45, 2.75) is 51.1 Å². The number of likely N-dealkylation sites (tertiary alicyclic amines) is 1. The zero-order valence-corrected chi connectivity index (χ0v) is 14.1. The van der Waals surface area contributed by atoms with Crippen LogP contribution in [0.3, 0.4) is 0 Å². The Hall–Kier alpha value is 0.230. The van der Waals surface area contributed by atoms with Gasteiger partial charge < -0.3 is 10.6 Å². The summed E-state index contributed by atoms with van der Waals surface area (Å²) in [5.41, 5.74) is 6.40. The molecule has 4 heteroatoms. The van der Waals surface area contributed by atoms with Gasteiger partial charge >= 0.3 is 0 Å². The molecular formula is C15H33N3S. The van der Waals surface area contributed by atoms with Gasteiger partial charge in [0.15, 0.2) is 0 Å². The lowest BCUT2D eigenvalue weighted by Gasteiger charge is -2.49. The molecule has 2 N–H and O–H groups in total. The van der Waals surface area contributed by atoms with E-state index in [1.807, 2.05) is 11.8 Å². The van der Waals surface area contributed by atoms with Crippen LogP contribution in [0.5, 0.6) is 0 Å². The predicted molar refractivity (Wildman–Crippen MR) is 88.0 cm³/mol. The van der Waals surface area contributed by atoms with Crippen LogP contribution in [0, 0.1) is 0 Å². The fourth-order valence-corrected chi connectivity index (χ4v) is 3.74. The SMILES string of the molecule is CCCN1CCC(CN)(N(C)C(C)CCSC)CC1. The first-order valence-corrected chi connectivity index (χ1v) is 9.13. The molecule has 1 saturated heterocycles. The second-order valence-corrected chi connectivity index (χ2v) is 7.00. The van der Waals surface area contributed by atoms with Crippen LogP contribution < -0.4 is 5.73 Å². The van der Waals surface area contributed by atoms with Gasteiger partial charge in [-0.05, 0) is 71.3 Å². The molecule has 1 rings (SSSR count). The van der Waals surface area contributed by atoms with Gasteiger partial charge in [-0.15, -0.1) is 0 Å². The summed E-state index contributed by atoms with van der Waals surface area (Å²) in [6.07, 6.45) is 7.16. The first-order valence-electron chi connectivity index (χ1n) is 7.74. The van der Waals surface area contributed by atoms with E-state index in [1.54, 1.807) is 0 Å². The molecule has 0 saturated carbocycles. The monoisotopic (exact) mass is 287 g/mol. The van der Waals surface area contributed by atoms with Gasteiger partial charge in [-0.3, -0.25) is 4.90 Å². The van der Waals surface area contributed by atoms with Gasteiger partial charge in [0.05, 0.1) is 0 Å². The number of likely N-dealkylation sites (N-methyl/N-ethyl adjacent to an activating group) is 1. The van der Waals surface area contributed by atoms with Gasteiger partial charge in [-0.25, -0.2) is 0 Å². The van der Waals surface area contributed by atoms with Gasteiger partial charge in [-0.1, -0.05) is 6.92 Å². The van der Waals surface area contributed by atoms with Crippen molar-refractivity contribution in [2.24, 2.45) is 5.73 Å². The minimum atomic E-state index is 0.238. The Morgan fingerprint density at radius 2 is 2.00 bits per heavy atom. The lowest BCUT2D eigenvalue weighted by Crippen LogP contribution is -2.60. The van der Waals surface area contributed by atoms with Crippen LogP contribution in [-0.2, 0) is 0 Å². The zero-order valence-electron chi connectivity index (χ0n) is 13.3. The highest BCUT2D eigenvalue weighted by atomic mass is 32.2. The molecule has 1 aliphatic heterocycles. The minimum Gasteiger partial charge on any atom is -0.329 e. The van der Waals surface area contributed by atoms with Crippen molar-refractivity contribution in [3.63, 3.8) is 0 Å². The van der Waals surface area contributed by atoms with E-state index < -0.39 is 0 Å². The van der Waals surface area contributed by atoms with E-state index in [0.29, 0.717) is 6.04 Å². The first-order chi connectivity index (χ1) is 9.09. The lowest BCUT2D eigenvalue weighted by atomic mass is 9.84. The van der Waals surface area contributed by atoms with Crippen molar-refractivity contribution in [1.29, 1.82) is 0 Å². The first kappa shape index (κ1) is 17.3. The average Bonchev–Trinajstić information content (AvgIpc) is 2.45. The summed E-state index contributed by atoms with van der Waals surface area (Å²) in [6, 6.07) is 0.633. The van der Waals surface area contributed by atoms with E-state index in [2.05, 4.69) is 37.0 Å². The minimum absolute atomic E-state index is 0.238. The average molecular weight is 288 g/mol. The van der Waals surface area contributed by atoms with Crippen LogP contribution in [-0.4, -0.2) is 66.6 Å². The summed E-state index contributed by atoms with van der Waals surface area (Å²) in [6.45, 7) is 9.09. The molecule has 3 nitrogen and oxygen atoms in total. The van der Waals surface area contributed by atoms with E-state index in [-0.39, 0.29) is 5.54 Å². The summed E-state index contributed by atoms with van der Waals surface area (Å²) < 4.78 is 0. The Balaban J connectivity index is 2.56. The number of nitrogens with zero attached hydrogens (tertiary/aromatic N) is 2. The van der Waals surface area contributed by atoms with Crippen molar-refractivity contribution in [1.82, 2.24) is 9.80 Å². The third-order valence-corrected chi connectivity index (χ3v) is 5.50. The predicted octanol–water partition coefficient (Wildman–Crippen LogP) is 2.26. The maximum atomic E-state index is 6.16. The second-order valence-electron chi connectivity index (χ2n) is 6.01. The third kappa shape index (κ3) is 4.62. The molecule has 1 fully saturated rings. The van der Waals surface area contributed by atoms with Gasteiger partial charge in [0.2, 0.25) is 0 Å². The zero-order chi connectivity index (χ0) is 14.3. The molecule has 0 amide bonds. The van der Waals surface area contributed by atoms with E-state index in [4.69, 9.17) is 5.73 Å². The Labute approximate surface area is 124 Å². The molecule has 0 aliphatic carbocycles. The van der Waals surface area contributed by atoms with Crippen molar-refractivity contribution in [3.05, 3.63) is 0 Å². The third-order valence-electron chi connectivity index (χ3n) is 4.86. The van der Waals surface area contributed by atoms with E-state index in [9.17, 15) is 0 Å². The van der Waals surface area contributed by atoms with Crippen LogP contribution in [0.2, 0.25) is 0 Å². The Bertz CT molecular complexity index is 240. The van der Waals surface area contributed by atoms with Crippen LogP contribution in [0.15, 0.2) is 0 Å². The number of hydrogen-bond acceptors (Lipinski definition) is 4. The molecule has 1 heterocycles. The van der Waals surface area contributed by atoms with Gasteiger partial charge in [0, 0.05) is 18.1 Å². The highest BCUT2D eigenvalue weighted by Gasteiger charge is 2.38. The van der Waals surface area contributed by atoms with Crippen LogP contribution in [0.4, 0.5) is 0 Å². The number of hydrogen-bond donors (Lipinski definition) is 1. The largest absolute Gasteiger partial charge is 0.329 e. The molecule has 0 bridgehead atoms. The fraction of sp³-hybridized carbons (Fsp3) is 1.00. The Morgan fingerprint density at radius 3 is 2.47 bits per heavy atom. The van der Waals surface area contributed by atoms with Crippen molar-refractivity contribution in [2.75, 3.05) is 45.2 Å². The van der Waals surface area contributed by atoms with Crippen LogP contribution in [0.25, 0.3) is 0 Å². The summed E-state index contributed by atoms with van der Waals surface area (Å²) in [4.78, 5) is 5.17. The van der Waals surface area contributed by atoms with Crippen molar-refractivity contribution in [3.8, 4) is 0 Å². The second kappa shape index (κ2) is 8.50. The molecule has 0 aromatic rings. The summed E-state index contributed by atoms with van der Waals surface area (Å²) in [7, 11) is 2.29. The molecule has 19 heavy (non-hydrogen) atoms. The Morgan fingerprint density at radius 1 is 1.37 bits per heavy atom.